The zero-order chi connectivity index (χ0) is 15.5. The summed E-state index contributed by atoms with van der Waals surface area (Å²) >= 11 is 11.3. The van der Waals surface area contributed by atoms with Crippen LogP contribution in [0.3, 0.4) is 0 Å². The van der Waals surface area contributed by atoms with Crippen LogP contribution in [-0.4, -0.2) is 35.7 Å². The van der Waals surface area contributed by atoms with Gasteiger partial charge >= 0.3 is 0 Å². The van der Waals surface area contributed by atoms with E-state index < -0.39 is 0 Å². The number of thiocarbonyl (C=S) groups is 1. The number of fused-ring (bicyclic) bond motifs is 3. The van der Waals surface area contributed by atoms with Gasteiger partial charge in [-0.15, -0.1) is 0 Å². The quantitative estimate of drug-likeness (QED) is 0.818. The molecule has 2 N–H and O–H groups in total. The monoisotopic (exact) mass is 337 g/mol. The van der Waals surface area contributed by atoms with Crippen molar-refractivity contribution in [1.82, 2.24) is 10.2 Å². The lowest BCUT2D eigenvalue weighted by molar-refractivity contribution is 0.00212. The van der Waals surface area contributed by atoms with Crippen LogP contribution in [0.5, 0.6) is 0 Å². The smallest absolute Gasteiger partial charge is 0.170 e. The molecule has 4 rings (SSSR count). The third-order valence-corrected chi connectivity index (χ3v) is 5.64. The van der Waals surface area contributed by atoms with Crippen molar-refractivity contribution in [2.45, 2.75) is 32.2 Å². The van der Waals surface area contributed by atoms with Crippen LogP contribution >= 0.6 is 23.8 Å². The average Bonchev–Trinajstić information content (AvgIpc) is 2.55. The Hall–Kier alpha value is -0.840. The molecule has 1 aromatic carbocycles. The number of nitrogens with one attached hydrogen (secondary N) is 2. The Morgan fingerprint density at radius 1 is 1.36 bits per heavy atom. The molecule has 1 unspecified atom stereocenters. The van der Waals surface area contributed by atoms with Gasteiger partial charge in [-0.1, -0.05) is 24.9 Å². The van der Waals surface area contributed by atoms with E-state index in [0.717, 1.165) is 29.1 Å². The first-order valence-electron chi connectivity index (χ1n) is 8.20. The van der Waals surface area contributed by atoms with Crippen LogP contribution in [0.2, 0.25) is 5.02 Å². The third-order valence-electron chi connectivity index (χ3n) is 5.14. The van der Waals surface area contributed by atoms with Gasteiger partial charge in [0.25, 0.3) is 0 Å². The molecule has 0 aromatic heterocycles. The topological polar surface area (TPSA) is 27.3 Å². The van der Waals surface area contributed by atoms with Gasteiger partial charge in [-0.2, -0.15) is 0 Å². The molecule has 0 aliphatic carbocycles. The number of hydrogen-bond acceptors (Lipinski definition) is 2. The molecule has 1 aromatic rings. The minimum Gasteiger partial charge on any atom is -0.361 e. The van der Waals surface area contributed by atoms with Gasteiger partial charge < -0.3 is 10.6 Å². The molecule has 3 fully saturated rings. The fraction of sp³-hybridized carbons (Fsp3) is 0.588. The summed E-state index contributed by atoms with van der Waals surface area (Å²) in [4.78, 5) is 2.64. The Balaban J connectivity index is 1.47. The second kappa shape index (κ2) is 7.16. The first kappa shape index (κ1) is 16.0. The molecule has 2 bridgehead atoms. The van der Waals surface area contributed by atoms with Gasteiger partial charge in [-0.05, 0) is 67.7 Å². The predicted molar refractivity (Wildman–Crippen MR) is 97.5 cm³/mol. The molecule has 3 saturated heterocycles. The van der Waals surface area contributed by atoms with Gasteiger partial charge in [0.05, 0.1) is 0 Å². The Morgan fingerprint density at radius 2 is 2.14 bits per heavy atom. The van der Waals surface area contributed by atoms with Crippen LogP contribution in [0.15, 0.2) is 24.3 Å². The van der Waals surface area contributed by atoms with Crippen molar-refractivity contribution in [3.05, 3.63) is 29.3 Å². The zero-order valence-corrected chi connectivity index (χ0v) is 14.6. The first-order valence-corrected chi connectivity index (χ1v) is 8.98. The number of halogens is 1. The number of rotatable bonds is 4. The van der Waals surface area contributed by atoms with E-state index in [9.17, 15) is 0 Å². The summed E-state index contributed by atoms with van der Waals surface area (Å²) in [7, 11) is 0. The predicted octanol–water partition coefficient (Wildman–Crippen LogP) is 3.75. The van der Waals surface area contributed by atoms with E-state index in [4.69, 9.17) is 23.8 Å². The van der Waals surface area contributed by atoms with Gasteiger partial charge in [-0.3, -0.25) is 4.90 Å². The summed E-state index contributed by atoms with van der Waals surface area (Å²) < 4.78 is 0. The third kappa shape index (κ3) is 3.73. The summed E-state index contributed by atoms with van der Waals surface area (Å²) in [6, 6.07) is 8.24. The molecule has 22 heavy (non-hydrogen) atoms. The van der Waals surface area contributed by atoms with E-state index in [0.29, 0.717) is 11.2 Å². The van der Waals surface area contributed by atoms with E-state index in [1.807, 2.05) is 24.3 Å². The molecule has 5 heteroatoms. The second-order valence-corrected chi connectivity index (χ2v) is 7.29. The maximum absolute atomic E-state index is 5.89. The number of anilines is 1. The number of piperidine rings is 3. The van der Waals surface area contributed by atoms with E-state index in [1.54, 1.807) is 0 Å². The summed E-state index contributed by atoms with van der Waals surface area (Å²) in [6.07, 6.45) is 4.01. The molecular formula is C17H24ClN3S. The van der Waals surface area contributed by atoms with Crippen molar-refractivity contribution in [2.24, 2.45) is 11.8 Å². The van der Waals surface area contributed by atoms with E-state index in [1.165, 1.54) is 32.4 Å². The highest BCUT2D eigenvalue weighted by Crippen LogP contribution is 2.37. The molecule has 0 radical (unpaired) electrons. The molecule has 3 nitrogen and oxygen atoms in total. The molecule has 3 aliphatic rings. The Morgan fingerprint density at radius 3 is 2.77 bits per heavy atom. The van der Waals surface area contributed by atoms with Crippen molar-refractivity contribution in [1.29, 1.82) is 0 Å². The molecular weight excluding hydrogens is 314 g/mol. The summed E-state index contributed by atoms with van der Waals surface area (Å²) in [6.45, 7) is 5.78. The first-order chi connectivity index (χ1) is 10.7. The lowest BCUT2D eigenvalue weighted by atomic mass is 9.74. The Bertz CT molecular complexity index is 519. The Kier molecular flexibility index (Phi) is 5.21. The number of hydrogen-bond donors (Lipinski definition) is 2. The van der Waals surface area contributed by atoms with Crippen LogP contribution in [0.25, 0.3) is 0 Å². The molecule has 0 saturated carbocycles. The van der Waals surface area contributed by atoms with Gasteiger partial charge in [0.15, 0.2) is 5.11 Å². The summed E-state index contributed by atoms with van der Waals surface area (Å²) in [5.74, 6) is 1.82. The maximum Gasteiger partial charge on any atom is 0.170 e. The van der Waals surface area contributed by atoms with Crippen molar-refractivity contribution in [3.8, 4) is 0 Å². The molecule has 0 spiro atoms. The second-order valence-electron chi connectivity index (χ2n) is 6.44. The fourth-order valence-electron chi connectivity index (χ4n) is 3.84. The van der Waals surface area contributed by atoms with Crippen molar-refractivity contribution in [3.63, 3.8) is 0 Å². The normalized spacial score (nSPS) is 30.1. The molecule has 4 atom stereocenters. The highest BCUT2D eigenvalue weighted by Gasteiger charge is 2.38. The largest absolute Gasteiger partial charge is 0.361 e. The SMILES string of the molecule is CC[C@H]1CN2CC[C@H]1C[C@@H]2CNC(=S)Nc1ccc(Cl)cc1. The lowest BCUT2D eigenvalue weighted by Crippen LogP contribution is -2.56. The van der Waals surface area contributed by atoms with Gasteiger partial charge in [0, 0.05) is 29.8 Å². The fourth-order valence-corrected chi connectivity index (χ4v) is 4.17. The average molecular weight is 338 g/mol. The summed E-state index contributed by atoms with van der Waals surface area (Å²) in [5, 5.41) is 8.02. The molecule has 120 valence electrons. The van der Waals surface area contributed by atoms with Crippen LogP contribution < -0.4 is 10.6 Å². The van der Waals surface area contributed by atoms with Gasteiger partial charge in [-0.25, -0.2) is 0 Å². The van der Waals surface area contributed by atoms with Gasteiger partial charge in [0.2, 0.25) is 0 Å². The minimum absolute atomic E-state index is 0.631. The standard InChI is InChI=1S/C17H24ClN3S/c1-2-12-11-21-8-7-13(12)9-16(21)10-19-17(22)20-15-5-3-14(18)4-6-15/h3-6,12-13,16H,2,7-11H2,1H3,(H2,19,20,22)/t12-,13-,16+/m0/s1. The van der Waals surface area contributed by atoms with Gasteiger partial charge in [0.1, 0.15) is 0 Å². The van der Waals surface area contributed by atoms with E-state index in [-0.39, 0.29) is 0 Å². The number of nitrogens with zero attached hydrogens (tertiary/aromatic N) is 1. The van der Waals surface area contributed by atoms with Crippen molar-refractivity contribution in [2.75, 3.05) is 25.0 Å². The highest BCUT2D eigenvalue weighted by molar-refractivity contribution is 7.80. The number of benzene rings is 1. The molecule has 0 amide bonds. The zero-order valence-electron chi connectivity index (χ0n) is 13.0. The van der Waals surface area contributed by atoms with Crippen LogP contribution in [0.4, 0.5) is 5.69 Å². The highest BCUT2D eigenvalue weighted by atomic mass is 35.5. The van der Waals surface area contributed by atoms with Crippen molar-refractivity contribution < 1.29 is 0 Å². The van der Waals surface area contributed by atoms with Crippen molar-refractivity contribution >= 4 is 34.6 Å². The minimum atomic E-state index is 0.631. The Labute approximate surface area is 143 Å². The van der Waals surface area contributed by atoms with Crippen LogP contribution in [-0.2, 0) is 0 Å². The lowest BCUT2D eigenvalue weighted by Gasteiger charge is -2.50. The van der Waals surface area contributed by atoms with E-state index in [2.05, 4.69) is 22.5 Å². The molecule has 3 aliphatic heterocycles. The molecule has 3 heterocycles. The van der Waals surface area contributed by atoms with E-state index >= 15 is 0 Å². The van der Waals surface area contributed by atoms with Crippen LogP contribution in [0, 0.1) is 11.8 Å². The summed E-state index contributed by atoms with van der Waals surface area (Å²) in [5.41, 5.74) is 0.971. The maximum atomic E-state index is 5.89. The van der Waals surface area contributed by atoms with Crippen LogP contribution in [0.1, 0.15) is 26.2 Å².